The summed E-state index contributed by atoms with van der Waals surface area (Å²) in [5, 5.41) is 30.2. The fourth-order valence-corrected chi connectivity index (χ4v) is 2.98. The van der Waals surface area contributed by atoms with Crippen molar-refractivity contribution in [2.45, 2.75) is 32.0 Å². The minimum atomic E-state index is -0.820. The van der Waals surface area contributed by atoms with Crippen molar-refractivity contribution < 1.29 is 29.6 Å². The van der Waals surface area contributed by atoms with E-state index in [0.29, 0.717) is 11.3 Å². The molecule has 0 amide bonds. The molecule has 0 spiro atoms. The summed E-state index contributed by atoms with van der Waals surface area (Å²) in [5.74, 6) is 0.0188. The first kappa shape index (κ1) is 18.8. The number of benzene rings is 2. The van der Waals surface area contributed by atoms with E-state index < -0.39 is 17.5 Å². The lowest BCUT2D eigenvalue weighted by Gasteiger charge is -2.37. The number of hydrogen-bond donors (Lipinski definition) is 3. The summed E-state index contributed by atoms with van der Waals surface area (Å²) in [7, 11) is 1.41. The summed E-state index contributed by atoms with van der Waals surface area (Å²) in [4.78, 5) is 12.7. The van der Waals surface area contributed by atoms with Gasteiger partial charge in [-0.25, -0.2) is 0 Å². The van der Waals surface area contributed by atoms with Gasteiger partial charge >= 0.3 is 0 Å². The normalized spacial score (nSPS) is 18.0. The van der Waals surface area contributed by atoms with Crippen LogP contribution in [0.3, 0.4) is 0 Å². The predicted molar refractivity (Wildman–Crippen MR) is 101 cm³/mol. The number of aliphatic hydroxyl groups is 1. The number of methoxy groups -OCH3 is 1. The number of carbonyl (C=O) groups excluding carboxylic acids is 1. The van der Waals surface area contributed by atoms with Crippen molar-refractivity contribution in [2.75, 3.05) is 7.11 Å². The lowest BCUT2D eigenvalue weighted by Crippen LogP contribution is -2.46. The minimum Gasteiger partial charge on any atom is -0.508 e. The van der Waals surface area contributed by atoms with Gasteiger partial charge in [0.2, 0.25) is 0 Å². The number of aliphatic hydroxyl groups excluding tert-OH is 1. The van der Waals surface area contributed by atoms with Gasteiger partial charge in [0.1, 0.15) is 34.2 Å². The van der Waals surface area contributed by atoms with E-state index in [4.69, 9.17) is 9.47 Å². The molecule has 6 heteroatoms. The molecule has 0 radical (unpaired) electrons. The summed E-state index contributed by atoms with van der Waals surface area (Å²) in [6.45, 7) is 3.51. The van der Waals surface area contributed by atoms with Gasteiger partial charge in [-0.3, -0.25) is 4.79 Å². The summed E-state index contributed by atoms with van der Waals surface area (Å²) < 4.78 is 11.1. The number of fused-ring (bicyclic) bond motifs is 1. The quantitative estimate of drug-likeness (QED) is 0.565. The fraction of sp³-hybridized carbons (Fsp3) is 0.286. The van der Waals surface area contributed by atoms with Crippen molar-refractivity contribution in [3.8, 4) is 23.0 Å². The molecular formula is C21H22O6. The van der Waals surface area contributed by atoms with E-state index in [2.05, 4.69) is 0 Å². The first-order valence-electron chi connectivity index (χ1n) is 8.54. The Morgan fingerprint density at radius 1 is 1.26 bits per heavy atom. The van der Waals surface area contributed by atoms with Crippen LogP contribution < -0.4 is 9.47 Å². The van der Waals surface area contributed by atoms with Crippen molar-refractivity contribution in [2.24, 2.45) is 0 Å². The molecule has 2 aromatic rings. The van der Waals surface area contributed by atoms with E-state index in [0.717, 1.165) is 5.56 Å². The topological polar surface area (TPSA) is 96.2 Å². The number of phenolic OH excluding ortho intramolecular Hbond substituents is 2. The average Bonchev–Trinajstić information content (AvgIpc) is 2.62. The van der Waals surface area contributed by atoms with E-state index >= 15 is 0 Å². The molecule has 6 nitrogen and oxygen atoms in total. The molecule has 1 aliphatic rings. The highest BCUT2D eigenvalue weighted by Crippen LogP contribution is 2.44. The molecular weight excluding hydrogens is 348 g/mol. The van der Waals surface area contributed by atoms with Crippen molar-refractivity contribution >= 4 is 11.9 Å². The smallest absolute Gasteiger partial charge is 0.193 e. The fourth-order valence-electron chi connectivity index (χ4n) is 2.98. The number of phenols is 2. The molecule has 0 saturated heterocycles. The number of ether oxygens (including phenoxy) is 2. The van der Waals surface area contributed by atoms with Crippen LogP contribution in [0.5, 0.6) is 23.0 Å². The Morgan fingerprint density at radius 3 is 2.56 bits per heavy atom. The highest BCUT2D eigenvalue weighted by molar-refractivity contribution is 6.11. The van der Waals surface area contributed by atoms with Crippen LogP contribution in [0.25, 0.3) is 6.08 Å². The maximum atomic E-state index is 12.7. The third-order valence-electron chi connectivity index (χ3n) is 4.69. The molecule has 27 heavy (non-hydrogen) atoms. The van der Waals surface area contributed by atoms with Gasteiger partial charge in [-0.2, -0.15) is 0 Å². The maximum Gasteiger partial charge on any atom is 0.193 e. The molecule has 1 aliphatic heterocycles. The second-order valence-corrected chi connectivity index (χ2v) is 6.99. The number of ketones is 1. The van der Waals surface area contributed by atoms with Crippen LogP contribution in [0.15, 0.2) is 36.4 Å². The van der Waals surface area contributed by atoms with Gasteiger partial charge in [0.05, 0.1) is 13.2 Å². The Hall–Kier alpha value is -2.99. The Morgan fingerprint density at radius 2 is 1.93 bits per heavy atom. The SMILES string of the molecule is COc1cc2c(c(O)c1C(=O)/C=C/c1ccc(O)cc1)C[C@@H](O)C(C)(C)O2. The summed E-state index contributed by atoms with van der Waals surface area (Å²) in [6.07, 6.45) is 2.24. The van der Waals surface area contributed by atoms with Gasteiger partial charge in [-0.1, -0.05) is 18.2 Å². The zero-order chi connectivity index (χ0) is 19.8. The number of allylic oxidation sites excluding steroid dienone is 1. The monoisotopic (exact) mass is 370 g/mol. The first-order valence-corrected chi connectivity index (χ1v) is 8.54. The Labute approximate surface area is 157 Å². The molecule has 1 heterocycles. The molecule has 0 aromatic heterocycles. The largest absolute Gasteiger partial charge is 0.508 e. The molecule has 0 aliphatic carbocycles. The molecule has 0 saturated carbocycles. The highest BCUT2D eigenvalue weighted by Gasteiger charge is 2.38. The third kappa shape index (κ3) is 3.61. The van der Waals surface area contributed by atoms with Crippen molar-refractivity contribution in [3.63, 3.8) is 0 Å². The lowest BCUT2D eigenvalue weighted by molar-refractivity contribution is -0.0418. The lowest BCUT2D eigenvalue weighted by atomic mass is 9.89. The minimum absolute atomic E-state index is 0.0155. The predicted octanol–water partition coefficient (Wildman–Crippen LogP) is 3.08. The Balaban J connectivity index is 1.99. The first-order chi connectivity index (χ1) is 12.7. The van der Waals surface area contributed by atoms with Crippen LogP contribution in [0.4, 0.5) is 0 Å². The second-order valence-electron chi connectivity index (χ2n) is 6.99. The Bertz CT molecular complexity index is 896. The molecule has 3 N–H and O–H groups in total. The van der Waals surface area contributed by atoms with E-state index in [1.165, 1.54) is 25.3 Å². The number of hydrogen-bond acceptors (Lipinski definition) is 6. The van der Waals surface area contributed by atoms with Crippen LogP contribution in [-0.2, 0) is 6.42 Å². The van der Waals surface area contributed by atoms with E-state index in [1.54, 1.807) is 38.1 Å². The van der Waals surface area contributed by atoms with E-state index in [1.807, 2.05) is 0 Å². The highest BCUT2D eigenvalue weighted by atomic mass is 16.5. The number of aromatic hydroxyl groups is 2. The molecule has 0 fully saturated rings. The molecule has 1 atom stereocenters. The van der Waals surface area contributed by atoms with Gasteiger partial charge in [-0.05, 0) is 37.6 Å². The van der Waals surface area contributed by atoms with Crippen molar-refractivity contribution in [3.05, 3.63) is 53.1 Å². The van der Waals surface area contributed by atoms with Gasteiger partial charge < -0.3 is 24.8 Å². The van der Waals surface area contributed by atoms with Crippen LogP contribution in [0, 0.1) is 0 Å². The van der Waals surface area contributed by atoms with Gasteiger partial charge in [0, 0.05) is 18.1 Å². The second kappa shape index (κ2) is 6.96. The molecule has 142 valence electrons. The van der Waals surface area contributed by atoms with Crippen LogP contribution in [0.1, 0.15) is 35.3 Å². The standard InChI is InChI=1S/C21H22O6/c1-21(2)18(24)10-14-16(27-21)11-17(26-3)19(20(14)25)15(23)9-6-12-4-7-13(22)8-5-12/h4-9,11,18,22,24-25H,10H2,1-3H3/b9-6+/t18-/m1/s1. The van der Waals surface area contributed by atoms with Gasteiger partial charge in [-0.15, -0.1) is 0 Å². The van der Waals surface area contributed by atoms with Crippen molar-refractivity contribution in [1.82, 2.24) is 0 Å². The van der Waals surface area contributed by atoms with Crippen LogP contribution >= 0.6 is 0 Å². The van der Waals surface area contributed by atoms with Crippen molar-refractivity contribution in [1.29, 1.82) is 0 Å². The number of carbonyl (C=O) groups is 1. The summed E-state index contributed by atoms with van der Waals surface area (Å²) in [6, 6.07) is 7.91. The zero-order valence-corrected chi connectivity index (χ0v) is 15.4. The van der Waals surface area contributed by atoms with Gasteiger partial charge in [0.25, 0.3) is 0 Å². The van der Waals surface area contributed by atoms with E-state index in [9.17, 15) is 20.1 Å². The van der Waals surface area contributed by atoms with Crippen LogP contribution in [-0.4, -0.2) is 39.9 Å². The maximum absolute atomic E-state index is 12.7. The molecule has 0 bridgehead atoms. The summed E-state index contributed by atoms with van der Waals surface area (Å²) in [5.41, 5.74) is 0.304. The van der Waals surface area contributed by atoms with Crippen LogP contribution in [0.2, 0.25) is 0 Å². The molecule has 0 unspecified atom stereocenters. The Kier molecular flexibility index (Phi) is 4.85. The zero-order valence-electron chi connectivity index (χ0n) is 15.4. The third-order valence-corrected chi connectivity index (χ3v) is 4.69. The average molecular weight is 370 g/mol. The molecule has 3 rings (SSSR count). The van der Waals surface area contributed by atoms with E-state index in [-0.39, 0.29) is 29.2 Å². The summed E-state index contributed by atoms with van der Waals surface area (Å²) >= 11 is 0. The van der Waals surface area contributed by atoms with Gasteiger partial charge in [0.15, 0.2) is 5.78 Å². The number of rotatable bonds is 4. The molecule has 2 aromatic carbocycles.